The minimum absolute atomic E-state index is 0.921. The molecule has 0 aliphatic carbocycles. The van der Waals surface area contributed by atoms with Crippen LogP contribution in [0.4, 0.5) is 17.1 Å². The number of para-hydroxylation sites is 2. The molecular weight excluding hydrogens is 607 g/mol. The monoisotopic (exact) mass is 637 g/mol. The number of rotatable bonds is 5. The summed E-state index contributed by atoms with van der Waals surface area (Å²) in [5.41, 5.74) is 9.98. The molecule has 10 rings (SSSR count). The lowest BCUT2D eigenvalue weighted by atomic mass is 9.90. The zero-order valence-corrected chi connectivity index (χ0v) is 27.3. The van der Waals surface area contributed by atoms with Gasteiger partial charge in [-0.05, 0) is 110 Å². The molecule has 2 nitrogen and oxygen atoms in total. The van der Waals surface area contributed by atoms with Crippen molar-refractivity contribution in [2.45, 2.75) is 0 Å². The van der Waals surface area contributed by atoms with Crippen molar-refractivity contribution in [3.05, 3.63) is 188 Å². The highest BCUT2D eigenvalue weighted by Gasteiger charge is 2.17. The molecule has 0 unspecified atom stereocenters. The average molecular weight is 638 g/mol. The standard InChI is InChI=1S/C48H31NO/c1-3-11-32(12-4-1)33-19-24-37(25-20-33)49(36-13-5-2-6-14-36)38-26-21-34(22-27-38)35-23-28-40-39-15-7-8-16-41(39)47-42(44(40)31-35)29-30-46-48(47)43-17-9-10-18-45(43)50-46/h1-31H. The molecule has 50 heavy (non-hydrogen) atoms. The second kappa shape index (κ2) is 11.5. The number of hydrogen-bond acceptors (Lipinski definition) is 2. The van der Waals surface area contributed by atoms with Crippen molar-refractivity contribution in [1.82, 2.24) is 0 Å². The van der Waals surface area contributed by atoms with E-state index in [9.17, 15) is 0 Å². The van der Waals surface area contributed by atoms with Gasteiger partial charge in [0.05, 0.1) is 0 Å². The van der Waals surface area contributed by atoms with E-state index in [0.29, 0.717) is 0 Å². The Labute approximate surface area is 290 Å². The molecule has 0 spiro atoms. The molecule has 0 aliphatic heterocycles. The van der Waals surface area contributed by atoms with E-state index in [-0.39, 0.29) is 0 Å². The van der Waals surface area contributed by atoms with Crippen LogP contribution >= 0.6 is 0 Å². The van der Waals surface area contributed by atoms with Crippen LogP contribution in [-0.4, -0.2) is 0 Å². The van der Waals surface area contributed by atoms with Crippen molar-refractivity contribution in [2.75, 3.05) is 4.90 Å². The van der Waals surface area contributed by atoms with Gasteiger partial charge in [-0.2, -0.15) is 0 Å². The van der Waals surface area contributed by atoms with E-state index in [4.69, 9.17) is 4.42 Å². The zero-order valence-electron chi connectivity index (χ0n) is 27.3. The van der Waals surface area contributed by atoms with Crippen LogP contribution < -0.4 is 4.90 Å². The van der Waals surface area contributed by atoms with Gasteiger partial charge >= 0.3 is 0 Å². The van der Waals surface area contributed by atoms with Crippen LogP contribution in [0.25, 0.3) is 76.5 Å². The van der Waals surface area contributed by atoms with Crippen molar-refractivity contribution < 1.29 is 4.42 Å². The van der Waals surface area contributed by atoms with Gasteiger partial charge in [-0.1, -0.05) is 127 Å². The fourth-order valence-corrected chi connectivity index (χ4v) is 7.70. The smallest absolute Gasteiger partial charge is 0.136 e. The van der Waals surface area contributed by atoms with E-state index in [1.54, 1.807) is 0 Å². The Morgan fingerprint density at radius 2 is 0.760 bits per heavy atom. The van der Waals surface area contributed by atoms with Crippen LogP contribution in [0.15, 0.2) is 192 Å². The summed E-state index contributed by atoms with van der Waals surface area (Å²) in [6.07, 6.45) is 0. The van der Waals surface area contributed by atoms with Crippen LogP contribution in [0.2, 0.25) is 0 Å². The third kappa shape index (κ3) is 4.57. The second-order valence-corrected chi connectivity index (χ2v) is 12.9. The summed E-state index contributed by atoms with van der Waals surface area (Å²) in [4.78, 5) is 2.32. The Morgan fingerprint density at radius 3 is 1.48 bits per heavy atom. The fraction of sp³-hybridized carbons (Fsp3) is 0. The summed E-state index contributed by atoms with van der Waals surface area (Å²) < 4.78 is 6.33. The molecule has 0 saturated carbocycles. The molecule has 234 valence electrons. The number of fused-ring (bicyclic) bond motifs is 10. The van der Waals surface area contributed by atoms with Crippen LogP contribution in [0.1, 0.15) is 0 Å². The topological polar surface area (TPSA) is 16.4 Å². The summed E-state index contributed by atoms with van der Waals surface area (Å²) in [7, 11) is 0. The SMILES string of the molecule is c1ccc(-c2ccc(N(c3ccccc3)c3ccc(-c4ccc5c6ccccc6c6c(ccc7oc8ccccc8c76)c5c4)cc3)cc2)cc1. The van der Waals surface area contributed by atoms with E-state index < -0.39 is 0 Å². The Bertz CT molecular complexity index is 2830. The molecule has 2 heteroatoms. The second-order valence-electron chi connectivity index (χ2n) is 12.9. The predicted molar refractivity (Wildman–Crippen MR) is 212 cm³/mol. The molecule has 0 atom stereocenters. The lowest BCUT2D eigenvalue weighted by Gasteiger charge is -2.26. The van der Waals surface area contributed by atoms with Gasteiger partial charge in [-0.15, -0.1) is 0 Å². The highest BCUT2D eigenvalue weighted by molar-refractivity contribution is 6.34. The maximum Gasteiger partial charge on any atom is 0.136 e. The maximum atomic E-state index is 6.33. The molecule has 0 aliphatic rings. The van der Waals surface area contributed by atoms with Crippen molar-refractivity contribution in [3.8, 4) is 22.3 Å². The summed E-state index contributed by atoms with van der Waals surface area (Å²) in [5.74, 6) is 0. The summed E-state index contributed by atoms with van der Waals surface area (Å²) in [6.45, 7) is 0. The molecule has 0 bridgehead atoms. The highest BCUT2D eigenvalue weighted by atomic mass is 16.3. The average Bonchev–Trinajstić information content (AvgIpc) is 3.58. The Morgan fingerprint density at radius 1 is 0.280 bits per heavy atom. The van der Waals surface area contributed by atoms with Crippen molar-refractivity contribution in [3.63, 3.8) is 0 Å². The molecule has 10 aromatic rings. The van der Waals surface area contributed by atoms with E-state index in [0.717, 1.165) is 33.6 Å². The third-order valence-electron chi connectivity index (χ3n) is 10.0. The van der Waals surface area contributed by atoms with Crippen molar-refractivity contribution in [2.24, 2.45) is 0 Å². The molecular formula is C48H31NO. The number of furan rings is 1. The van der Waals surface area contributed by atoms with E-state index >= 15 is 0 Å². The van der Waals surface area contributed by atoms with E-state index in [1.807, 2.05) is 6.07 Å². The van der Waals surface area contributed by atoms with Crippen molar-refractivity contribution in [1.29, 1.82) is 0 Å². The first-order chi connectivity index (χ1) is 24.8. The normalized spacial score (nSPS) is 11.6. The first-order valence-electron chi connectivity index (χ1n) is 17.1. The minimum Gasteiger partial charge on any atom is -0.456 e. The molecule has 9 aromatic carbocycles. The number of benzene rings is 9. The van der Waals surface area contributed by atoms with Gasteiger partial charge < -0.3 is 9.32 Å². The zero-order chi connectivity index (χ0) is 33.0. The molecule has 1 aromatic heterocycles. The molecule has 0 amide bonds. The summed E-state index contributed by atoms with van der Waals surface area (Å²) in [6, 6.07) is 67.4. The first kappa shape index (κ1) is 28.4. The lowest BCUT2D eigenvalue weighted by molar-refractivity contribution is 0.669. The van der Waals surface area contributed by atoms with Gasteiger partial charge in [0.25, 0.3) is 0 Å². The highest BCUT2D eigenvalue weighted by Crippen LogP contribution is 2.44. The van der Waals surface area contributed by atoms with Gasteiger partial charge in [0.2, 0.25) is 0 Å². The van der Waals surface area contributed by atoms with Crippen molar-refractivity contribution >= 4 is 71.3 Å². The number of nitrogens with zero attached hydrogens (tertiary/aromatic N) is 1. The van der Waals surface area contributed by atoms with Gasteiger partial charge in [-0.25, -0.2) is 0 Å². The summed E-state index contributed by atoms with van der Waals surface area (Å²) in [5, 5.41) is 9.84. The van der Waals surface area contributed by atoms with Crippen LogP contribution in [-0.2, 0) is 0 Å². The molecule has 0 radical (unpaired) electrons. The Hall–Kier alpha value is -6.64. The molecule has 0 saturated heterocycles. The summed E-state index contributed by atoms with van der Waals surface area (Å²) >= 11 is 0. The largest absolute Gasteiger partial charge is 0.456 e. The minimum atomic E-state index is 0.921. The number of anilines is 3. The van der Waals surface area contributed by atoms with Gasteiger partial charge in [-0.3, -0.25) is 0 Å². The molecule has 1 heterocycles. The third-order valence-corrected chi connectivity index (χ3v) is 10.0. The van der Waals surface area contributed by atoms with Crippen LogP contribution in [0, 0.1) is 0 Å². The number of hydrogen-bond donors (Lipinski definition) is 0. The van der Waals surface area contributed by atoms with E-state index in [1.165, 1.54) is 60.0 Å². The van der Waals surface area contributed by atoms with Gasteiger partial charge in [0.15, 0.2) is 0 Å². The fourth-order valence-electron chi connectivity index (χ4n) is 7.70. The van der Waals surface area contributed by atoms with E-state index in [2.05, 4.69) is 187 Å². The quantitative estimate of drug-likeness (QED) is 0.175. The lowest BCUT2D eigenvalue weighted by Crippen LogP contribution is -2.09. The van der Waals surface area contributed by atoms with Gasteiger partial charge in [0.1, 0.15) is 11.2 Å². The molecule has 0 N–H and O–H groups in total. The van der Waals surface area contributed by atoms with Crippen LogP contribution in [0.3, 0.4) is 0 Å². The predicted octanol–water partition coefficient (Wildman–Crippen LogP) is 13.8. The van der Waals surface area contributed by atoms with Crippen LogP contribution in [0.5, 0.6) is 0 Å². The maximum absolute atomic E-state index is 6.33. The Balaban J connectivity index is 1.10. The first-order valence-corrected chi connectivity index (χ1v) is 17.1. The molecule has 0 fully saturated rings. The Kier molecular flexibility index (Phi) is 6.53. The van der Waals surface area contributed by atoms with Gasteiger partial charge in [0, 0.05) is 33.2 Å².